The lowest BCUT2D eigenvalue weighted by molar-refractivity contribution is 0.0684. The highest BCUT2D eigenvalue weighted by atomic mass is 32.1. The number of nitrogens with zero attached hydrogens (tertiary/aromatic N) is 1. The molecule has 2 fully saturated rings. The zero-order valence-electron chi connectivity index (χ0n) is 13.3. The molecule has 118 valence electrons. The van der Waals surface area contributed by atoms with Crippen LogP contribution in [-0.2, 0) is 6.42 Å². The van der Waals surface area contributed by atoms with Crippen LogP contribution in [0.3, 0.4) is 0 Å². The van der Waals surface area contributed by atoms with Crippen LogP contribution in [0.4, 0.5) is 0 Å². The van der Waals surface area contributed by atoms with Crippen LogP contribution in [0.15, 0.2) is 17.5 Å². The summed E-state index contributed by atoms with van der Waals surface area (Å²) in [6.07, 6.45) is 11.6. The largest absolute Gasteiger partial charge is 0.315 e. The lowest BCUT2D eigenvalue weighted by Crippen LogP contribution is -2.43. The number of likely N-dealkylation sites (tertiary alicyclic amines) is 1. The van der Waals surface area contributed by atoms with Gasteiger partial charge in [-0.3, -0.25) is 0 Å². The van der Waals surface area contributed by atoms with Gasteiger partial charge in [-0.1, -0.05) is 25.3 Å². The molecule has 1 aliphatic carbocycles. The Morgan fingerprint density at radius 3 is 2.57 bits per heavy atom. The number of nitrogens with one attached hydrogen (secondary N) is 1. The molecule has 1 aromatic heterocycles. The van der Waals surface area contributed by atoms with Gasteiger partial charge in [0.25, 0.3) is 0 Å². The average Bonchev–Trinajstić information content (AvgIpc) is 3.03. The fourth-order valence-electron chi connectivity index (χ4n) is 4.08. The number of hydrogen-bond donors (Lipinski definition) is 1. The Morgan fingerprint density at radius 2 is 1.86 bits per heavy atom. The summed E-state index contributed by atoms with van der Waals surface area (Å²) in [5.74, 6) is 0. The Hall–Kier alpha value is -0.380. The normalized spacial score (nSPS) is 22.7. The number of thiophene rings is 1. The van der Waals surface area contributed by atoms with Crippen molar-refractivity contribution >= 4 is 11.3 Å². The smallest absolute Gasteiger partial charge is 0.0107 e. The van der Waals surface area contributed by atoms with Crippen LogP contribution in [0.5, 0.6) is 0 Å². The summed E-state index contributed by atoms with van der Waals surface area (Å²) >= 11 is 1.87. The standard InChI is InChI=1S/C18H30N2S/c1-2-7-18(8-3-1)9-13-20(14-10-18)15-12-19-11-6-17-5-4-16-21-17/h4-5,16,19H,1-3,6-15H2. The van der Waals surface area contributed by atoms with Crippen molar-refractivity contribution in [2.24, 2.45) is 5.41 Å². The Morgan fingerprint density at radius 1 is 1.05 bits per heavy atom. The topological polar surface area (TPSA) is 15.3 Å². The summed E-state index contributed by atoms with van der Waals surface area (Å²) in [7, 11) is 0. The summed E-state index contributed by atoms with van der Waals surface area (Å²) in [5.41, 5.74) is 0.751. The first-order valence-electron chi connectivity index (χ1n) is 8.82. The summed E-state index contributed by atoms with van der Waals surface area (Å²) in [6.45, 7) is 6.19. The van der Waals surface area contributed by atoms with E-state index in [2.05, 4.69) is 27.7 Å². The van der Waals surface area contributed by atoms with Crippen molar-refractivity contribution in [3.05, 3.63) is 22.4 Å². The zero-order chi connectivity index (χ0) is 14.4. The summed E-state index contributed by atoms with van der Waals surface area (Å²) < 4.78 is 0. The van der Waals surface area contributed by atoms with Gasteiger partial charge in [-0.2, -0.15) is 0 Å². The fraction of sp³-hybridized carbons (Fsp3) is 0.778. The Kier molecular flexibility index (Phi) is 5.73. The van der Waals surface area contributed by atoms with Gasteiger partial charge < -0.3 is 10.2 Å². The molecule has 0 atom stereocenters. The quantitative estimate of drug-likeness (QED) is 0.801. The van der Waals surface area contributed by atoms with Gasteiger partial charge in [-0.05, 0) is 62.1 Å². The Bertz CT molecular complexity index is 385. The molecule has 2 nitrogen and oxygen atoms in total. The van der Waals surface area contributed by atoms with Crippen LogP contribution >= 0.6 is 11.3 Å². The number of piperidine rings is 1. The molecule has 21 heavy (non-hydrogen) atoms. The van der Waals surface area contributed by atoms with E-state index in [0.29, 0.717) is 0 Å². The second kappa shape index (κ2) is 7.75. The molecule has 0 bridgehead atoms. The van der Waals surface area contributed by atoms with Gasteiger partial charge in [0, 0.05) is 24.5 Å². The molecule has 3 rings (SSSR count). The molecule has 1 saturated heterocycles. The maximum atomic E-state index is 3.61. The second-order valence-corrected chi connectivity index (χ2v) is 8.01. The van der Waals surface area contributed by atoms with Gasteiger partial charge in [0.1, 0.15) is 0 Å². The highest BCUT2D eigenvalue weighted by Crippen LogP contribution is 2.44. The van der Waals surface area contributed by atoms with Crippen LogP contribution < -0.4 is 5.32 Å². The van der Waals surface area contributed by atoms with Gasteiger partial charge >= 0.3 is 0 Å². The summed E-state index contributed by atoms with van der Waals surface area (Å²) in [4.78, 5) is 4.18. The van der Waals surface area contributed by atoms with Crippen molar-refractivity contribution in [1.82, 2.24) is 10.2 Å². The minimum Gasteiger partial charge on any atom is -0.315 e. The van der Waals surface area contributed by atoms with Crippen LogP contribution in [0.2, 0.25) is 0 Å². The first-order chi connectivity index (χ1) is 10.4. The van der Waals surface area contributed by atoms with E-state index >= 15 is 0 Å². The van der Waals surface area contributed by atoms with Crippen molar-refractivity contribution in [2.45, 2.75) is 51.4 Å². The molecule has 1 spiro atoms. The number of rotatable bonds is 6. The zero-order valence-corrected chi connectivity index (χ0v) is 14.1. The third-order valence-corrected chi connectivity index (χ3v) is 6.50. The van der Waals surface area contributed by atoms with Gasteiger partial charge in [0.05, 0.1) is 0 Å². The average molecular weight is 307 g/mol. The van der Waals surface area contributed by atoms with Crippen molar-refractivity contribution in [1.29, 1.82) is 0 Å². The van der Waals surface area contributed by atoms with E-state index in [1.807, 2.05) is 11.3 Å². The van der Waals surface area contributed by atoms with Gasteiger partial charge in [-0.15, -0.1) is 11.3 Å². The molecule has 0 radical (unpaired) electrons. The van der Waals surface area contributed by atoms with E-state index in [9.17, 15) is 0 Å². The SMILES string of the molecule is c1csc(CCNCCN2CCC3(CCCCC3)CC2)c1. The lowest BCUT2D eigenvalue weighted by Gasteiger charge is -2.44. The van der Waals surface area contributed by atoms with Crippen molar-refractivity contribution < 1.29 is 0 Å². The fourth-order valence-corrected chi connectivity index (χ4v) is 4.79. The minimum atomic E-state index is 0.751. The highest BCUT2D eigenvalue weighted by Gasteiger charge is 2.35. The van der Waals surface area contributed by atoms with E-state index in [4.69, 9.17) is 0 Å². The predicted molar refractivity (Wildman–Crippen MR) is 92.1 cm³/mol. The van der Waals surface area contributed by atoms with Gasteiger partial charge in [-0.25, -0.2) is 0 Å². The van der Waals surface area contributed by atoms with Gasteiger partial charge in [0.15, 0.2) is 0 Å². The molecule has 2 aliphatic rings. The third kappa shape index (κ3) is 4.54. The molecule has 1 aliphatic heterocycles. The molecule has 3 heteroatoms. The molecular weight excluding hydrogens is 276 g/mol. The molecular formula is C18H30N2S. The van der Waals surface area contributed by atoms with Crippen molar-refractivity contribution in [2.75, 3.05) is 32.7 Å². The Labute approximate surface area is 133 Å². The van der Waals surface area contributed by atoms with E-state index in [-0.39, 0.29) is 0 Å². The maximum absolute atomic E-state index is 3.61. The summed E-state index contributed by atoms with van der Waals surface area (Å²) in [6, 6.07) is 4.38. The molecule has 0 unspecified atom stereocenters. The Balaban J connectivity index is 1.27. The van der Waals surface area contributed by atoms with E-state index in [1.54, 1.807) is 0 Å². The molecule has 2 heterocycles. The second-order valence-electron chi connectivity index (χ2n) is 6.98. The predicted octanol–water partition coefficient (Wildman–Crippen LogP) is 3.93. The van der Waals surface area contributed by atoms with Crippen LogP contribution in [0.1, 0.15) is 49.8 Å². The lowest BCUT2D eigenvalue weighted by atomic mass is 9.68. The van der Waals surface area contributed by atoms with E-state index < -0.39 is 0 Å². The molecule has 1 saturated carbocycles. The maximum Gasteiger partial charge on any atom is 0.0107 e. The van der Waals surface area contributed by atoms with Crippen molar-refractivity contribution in [3.8, 4) is 0 Å². The monoisotopic (exact) mass is 306 g/mol. The van der Waals surface area contributed by atoms with E-state index in [1.165, 1.54) is 75.9 Å². The molecule has 1 aromatic rings. The first kappa shape index (κ1) is 15.5. The first-order valence-corrected chi connectivity index (χ1v) is 9.70. The minimum absolute atomic E-state index is 0.751. The van der Waals surface area contributed by atoms with Crippen molar-refractivity contribution in [3.63, 3.8) is 0 Å². The van der Waals surface area contributed by atoms with E-state index in [0.717, 1.165) is 18.5 Å². The van der Waals surface area contributed by atoms with Gasteiger partial charge in [0.2, 0.25) is 0 Å². The third-order valence-electron chi connectivity index (χ3n) is 5.56. The highest BCUT2D eigenvalue weighted by molar-refractivity contribution is 7.09. The molecule has 0 aromatic carbocycles. The summed E-state index contributed by atoms with van der Waals surface area (Å²) in [5, 5.41) is 5.78. The molecule has 1 N–H and O–H groups in total. The van der Waals surface area contributed by atoms with Crippen LogP contribution in [0.25, 0.3) is 0 Å². The molecule has 0 amide bonds. The van der Waals surface area contributed by atoms with Crippen LogP contribution in [0, 0.1) is 5.41 Å². The van der Waals surface area contributed by atoms with Crippen LogP contribution in [-0.4, -0.2) is 37.6 Å². The number of hydrogen-bond acceptors (Lipinski definition) is 3.